The van der Waals surface area contributed by atoms with E-state index in [1.165, 1.54) is 18.1 Å². The molecule has 17 heavy (non-hydrogen) atoms. The Kier molecular flexibility index (Phi) is 3.52. The summed E-state index contributed by atoms with van der Waals surface area (Å²) in [6.07, 6.45) is 0.375. The van der Waals surface area contributed by atoms with Gasteiger partial charge in [-0.3, -0.25) is 4.79 Å². The van der Waals surface area contributed by atoms with Crippen molar-refractivity contribution in [2.24, 2.45) is 5.92 Å². The lowest BCUT2D eigenvalue weighted by Gasteiger charge is -2.18. The Labute approximate surface area is 104 Å². The Hall–Kier alpha value is -1.29. The third kappa shape index (κ3) is 2.22. The van der Waals surface area contributed by atoms with E-state index in [4.69, 9.17) is 16.3 Å². The van der Waals surface area contributed by atoms with Crippen molar-refractivity contribution in [1.29, 1.82) is 0 Å². The molecule has 3 nitrogen and oxygen atoms in total. The van der Waals surface area contributed by atoms with Crippen molar-refractivity contribution in [3.63, 3.8) is 0 Å². The maximum Gasteiger partial charge on any atom is 0.227 e. The van der Waals surface area contributed by atoms with Crippen LogP contribution in [0.3, 0.4) is 0 Å². The van der Waals surface area contributed by atoms with Crippen molar-refractivity contribution < 1.29 is 13.9 Å². The first-order valence-corrected chi connectivity index (χ1v) is 5.89. The van der Waals surface area contributed by atoms with Gasteiger partial charge in [0.05, 0.1) is 12.8 Å². The number of halogens is 2. The molecule has 0 saturated carbocycles. The molecule has 2 rings (SSSR count). The summed E-state index contributed by atoms with van der Waals surface area (Å²) < 4.78 is 18.9. The largest absolute Gasteiger partial charge is 0.494 e. The average molecular weight is 258 g/mol. The highest BCUT2D eigenvalue weighted by Crippen LogP contribution is 2.31. The van der Waals surface area contributed by atoms with Gasteiger partial charge in [0.15, 0.2) is 11.6 Å². The summed E-state index contributed by atoms with van der Waals surface area (Å²) in [6.45, 7) is 0.465. The van der Waals surface area contributed by atoms with E-state index in [1.54, 1.807) is 12.1 Å². The van der Waals surface area contributed by atoms with Gasteiger partial charge in [-0.1, -0.05) is 6.07 Å². The first-order chi connectivity index (χ1) is 8.17. The van der Waals surface area contributed by atoms with Crippen LogP contribution in [0.5, 0.6) is 5.75 Å². The minimum absolute atomic E-state index is 0.0924. The molecule has 0 N–H and O–H groups in total. The molecule has 1 aromatic rings. The maximum atomic E-state index is 14.0. The lowest BCUT2D eigenvalue weighted by atomic mass is 10.1. The van der Waals surface area contributed by atoms with Crippen LogP contribution in [0.1, 0.15) is 6.42 Å². The highest BCUT2D eigenvalue weighted by atomic mass is 35.5. The molecule has 92 valence electrons. The summed E-state index contributed by atoms with van der Waals surface area (Å²) in [6, 6.07) is 4.77. The Morgan fingerprint density at radius 2 is 2.35 bits per heavy atom. The van der Waals surface area contributed by atoms with Crippen LogP contribution >= 0.6 is 11.6 Å². The number of carbonyl (C=O) groups excluding carboxylic acids is 1. The highest BCUT2D eigenvalue weighted by molar-refractivity contribution is 6.18. The van der Waals surface area contributed by atoms with Crippen molar-refractivity contribution >= 4 is 23.2 Å². The van der Waals surface area contributed by atoms with Crippen molar-refractivity contribution in [3.05, 3.63) is 24.0 Å². The molecular weight excluding hydrogens is 245 g/mol. The van der Waals surface area contributed by atoms with Gasteiger partial charge >= 0.3 is 0 Å². The molecule has 1 heterocycles. The first kappa shape index (κ1) is 12.2. The summed E-state index contributed by atoms with van der Waals surface area (Å²) >= 11 is 5.73. The molecule has 1 aliphatic heterocycles. The minimum atomic E-state index is -0.501. The second-order valence-corrected chi connectivity index (χ2v) is 4.33. The van der Waals surface area contributed by atoms with Crippen LogP contribution < -0.4 is 9.64 Å². The van der Waals surface area contributed by atoms with Crippen LogP contribution in [0.15, 0.2) is 18.2 Å². The molecule has 1 saturated heterocycles. The number of nitrogens with zero attached hydrogens (tertiary/aromatic N) is 1. The van der Waals surface area contributed by atoms with Gasteiger partial charge in [-0.05, 0) is 18.1 Å². The fraction of sp³-hybridized carbons (Fsp3) is 0.417. The zero-order valence-corrected chi connectivity index (χ0v) is 10.2. The molecule has 1 atom stereocenters. The SMILES string of the molecule is COc1cccc(N2CC(CCl)CC2=O)c1F. The lowest BCUT2D eigenvalue weighted by Crippen LogP contribution is -2.25. The van der Waals surface area contributed by atoms with Crippen LogP contribution in [0, 0.1) is 11.7 Å². The number of hydrogen-bond acceptors (Lipinski definition) is 2. The second-order valence-electron chi connectivity index (χ2n) is 4.02. The number of rotatable bonds is 3. The molecule has 1 aromatic carbocycles. The number of anilines is 1. The Morgan fingerprint density at radius 1 is 1.59 bits per heavy atom. The Bertz CT molecular complexity index is 439. The van der Waals surface area contributed by atoms with Gasteiger partial charge in [-0.2, -0.15) is 0 Å². The van der Waals surface area contributed by atoms with Gasteiger partial charge < -0.3 is 9.64 Å². The Balaban J connectivity index is 2.32. The molecule has 1 aliphatic rings. The van der Waals surface area contributed by atoms with E-state index in [9.17, 15) is 9.18 Å². The zero-order valence-electron chi connectivity index (χ0n) is 9.45. The number of methoxy groups -OCH3 is 1. The van der Waals surface area contributed by atoms with E-state index >= 15 is 0 Å². The van der Waals surface area contributed by atoms with Gasteiger partial charge in [0.25, 0.3) is 0 Å². The summed E-state index contributed by atoms with van der Waals surface area (Å²) in [7, 11) is 1.40. The molecule has 0 bridgehead atoms. The van der Waals surface area contributed by atoms with Gasteiger partial charge in [0.2, 0.25) is 5.91 Å². The molecule has 1 unspecified atom stereocenters. The summed E-state index contributed by atoms with van der Waals surface area (Å²) in [4.78, 5) is 13.2. The second kappa shape index (κ2) is 4.92. The molecule has 5 heteroatoms. The molecule has 0 spiro atoms. The highest BCUT2D eigenvalue weighted by Gasteiger charge is 2.32. The van der Waals surface area contributed by atoms with Crippen LogP contribution in [0.2, 0.25) is 0 Å². The van der Waals surface area contributed by atoms with Gasteiger partial charge in [-0.15, -0.1) is 11.6 Å². The standard InChI is InChI=1S/C12H13ClFNO2/c1-17-10-4-2-3-9(12(10)14)15-7-8(6-13)5-11(15)16/h2-4,8H,5-7H2,1H3. The molecule has 1 amide bonds. The predicted octanol–water partition coefficient (Wildman–Crippen LogP) is 2.43. The number of carbonyl (C=O) groups is 1. The van der Waals surface area contributed by atoms with Gasteiger partial charge in [-0.25, -0.2) is 4.39 Å². The quantitative estimate of drug-likeness (QED) is 0.779. The minimum Gasteiger partial charge on any atom is -0.494 e. The number of alkyl halides is 1. The van der Waals surface area contributed by atoms with E-state index in [0.717, 1.165) is 0 Å². The third-order valence-corrected chi connectivity index (χ3v) is 3.31. The number of ether oxygens (including phenoxy) is 1. The average Bonchev–Trinajstić information content (AvgIpc) is 2.71. The maximum absolute atomic E-state index is 14.0. The monoisotopic (exact) mass is 257 g/mol. The molecule has 0 aromatic heterocycles. The smallest absolute Gasteiger partial charge is 0.227 e. The molecule has 0 aliphatic carbocycles. The fourth-order valence-electron chi connectivity index (χ4n) is 1.98. The van der Waals surface area contributed by atoms with E-state index < -0.39 is 5.82 Å². The Morgan fingerprint density at radius 3 is 2.94 bits per heavy atom. The third-order valence-electron chi connectivity index (χ3n) is 2.88. The number of hydrogen-bond donors (Lipinski definition) is 0. The van der Waals surface area contributed by atoms with Crippen LogP contribution in [-0.2, 0) is 4.79 Å². The molecule has 0 radical (unpaired) electrons. The number of benzene rings is 1. The van der Waals surface area contributed by atoms with Crippen molar-refractivity contribution in [2.45, 2.75) is 6.42 Å². The molecule has 1 fully saturated rings. The van der Waals surface area contributed by atoms with Gasteiger partial charge in [0.1, 0.15) is 0 Å². The van der Waals surface area contributed by atoms with Gasteiger partial charge in [0, 0.05) is 18.8 Å². The normalized spacial score (nSPS) is 19.8. The van der Waals surface area contributed by atoms with E-state index in [1.807, 2.05) is 0 Å². The van der Waals surface area contributed by atoms with Crippen LogP contribution in [0.4, 0.5) is 10.1 Å². The van der Waals surface area contributed by atoms with E-state index in [2.05, 4.69) is 0 Å². The number of amides is 1. The lowest BCUT2D eigenvalue weighted by molar-refractivity contribution is -0.117. The predicted molar refractivity (Wildman–Crippen MR) is 64.1 cm³/mol. The van der Waals surface area contributed by atoms with Crippen molar-refractivity contribution in [1.82, 2.24) is 0 Å². The van der Waals surface area contributed by atoms with Crippen LogP contribution in [0.25, 0.3) is 0 Å². The van der Waals surface area contributed by atoms with Crippen molar-refractivity contribution in [2.75, 3.05) is 24.4 Å². The zero-order chi connectivity index (χ0) is 12.4. The first-order valence-electron chi connectivity index (χ1n) is 5.36. The van der Waals surface area contributed by atoms with Crippen molar-refractivity contribution in [3.8, 4) is 5.75 Å². The topological polar surface area (TPSA) is 29.5 Å². The summed E-state index contributed by atoms with van der Waals surface area (Å²) in [5, 5.41) is 0. The summed E-state index contributed by atoms with van der Waals surface area (Å²) in [5.74, 6) is 0.0501. The van der Waals surface area contributed by atoms with Crippen LogP contribution in [-0.4, -0.2) is 25.4 Å². The molecular formula is C12H13ClFNO2. The fourth-order valence-corrected chi connectivity index (χ4v) is 2.19. The van der Waals surface area contributed by atoms with E-state index in [-0.39, 0.29) is 23.3 Å². The summed E-state index contributed by atoms with van der Waals surface area (Å²) in [5.41, 5.74) is 0.266. The van der Waals surface area contributed by atoms with E-state index in [0.29, 0.717) is 18.8 Å².